The molecule has 0 aliphatic carbocycles. The van der Waals surface area contributed by atoms with Crippen molar-refractivity contribution < 1.29 is 23.7 Å². The quantitative estimate of drug-likeness (QED) is 0.423. The third-order valence-electron chi connectivity index (χ3n) is 3.34. The molecule has 138 valence electrons. The number of nitrogens with zero attached hydrogens (tertiary/aromatic N) is 1. The maximum absolute atomic E-state index is 11.0. The number of methoxy groups -OCH3 is 2. The number of ether oxygens (including phenoxy) is 4. The van der Waals surface area contributed by atoms with Crippen LogP contribution in [0.1, 0.15) is 12.0 Å². The molecular formula is C19H22N2O5. The molecule has 0 radical (unpaired) electrons. The lowest BCUT2D eigenvalue weighted by Gasteiger charge is -2.11. The largest absolute Gasteiger partial charge is 0.493 e. The zero-order valence-electron chi connectivity index (χ0n) is 14.8. The number of para-hydroxylation sites is 3. The lowest BCUT2D eigenvalue weighted by Crippen LogP contribution is -2.16. The van der Waals surface area contributed by atoms with Crippen molar-refractivity contribution in [1.29, 1.82) is 0 Å². The average Bonchev–Trinajstić information content (AvgIpc) is 2.69. The first kappa shape index (κ1) is 19.1. The van der Waals surface area contributed by atoms with Crippen molar-refractivity contribution in [2.24, 2.45) is 5.10 Å². The molecule has 1 amide bonds. The molecule has 7 heteroatoms. The molecule has 0 heterocycles. The van der Waals surface area contributed by atoms with Gasteiger partial charge in [0.15, 0.2) is 11.5 Å². The van der Waals surface area contributed by atoms with Gasteiger partial charge in [-0.2, -0.15) is 5.10 Å². The van der Waals surface area contributed by atoms with Gasteiger partial charge in [0.25, 0.3) is 0 Å². The summed E-state index contributed by atoms with van der Waals surface area (Å²) in [6.07, 6.45) is 1.56. The third-order valence-corrected chi connectivity index (χ3v) is 3.34. The summed E-state index contributed by atoms with van der Waals surface area (Å²) in [6, 6.07) is 14.9. The summed E-state index contributed by atoms with van der Waals surface area (Å²) in [5.74, 6) is 2.07. The highest BCUT2D eigenvalue weighted by atomic mass is 16.5. The van der Waals surface area contributed by atoms with Gasteiger partial charge < -0.3 is 18.9 Å². The van der Waals surface area contributed by atoms with Crippen LogP contribution in [0.4, 0.5) is 4.79 Å². The zero-order chi connectivity index (χ0) is 18.6. The molecule has 0 bridgehead atoms. The normalized spacial score (nSPS) is 10.4. The monoisotopic (exact) mass is 358 g/mol. The summed E-state index contributed by atoms with van der Waals surface area (Å²) in [6.45, 7) is 0.977. The topological polar surface area (TPSA) is 78.4 Å². The van der Waals surface area contributed by atoms with Gasteiger partial charge in [0.05, 0.1) is 33.6 Å². The van der Waals surface area contributed by atoms with E-state index < -0.39 is 6.09 Å². The van der Waals surface area contributed by atoms with Crippen molar-refractivity contribution in [3.63, 3.8) is 0 Å². The van der Waals surface area contributed by atoms with Gasteiger partial charge in [-0.05, 0) is 24.3 Å². The number of carbonyl (C=O) groups is 1. The van der Waals surface area contributed by atoms with Gasteiger partial charge in [0.1, 0.15) is 5.75 Å². The van der Waals surface area contributed by atoms with E-state index in [2.05, 4.69) is 15.3 Å². The number of hydrogen-bond acceptors (Lipinski definition) is 6. The van der Waals surface area contributed by atoms with Gasteiger partial charge in [0.2, 0.25) is 0 Å². The van der Waals surface area contributed by atoms with Crippen molar-refractivity contribution in [1.82, 2.24) is 5.43 Å². The van der Waals surface area contributed by atoms with Crippen LogP contribution in [-0.4, -0.2) is 39.7 Å². The molecule has 2 aromatic rings. The van der Waals surface area contributed by atoms with Crippen molar-refractivity contribution in [2.75, 3.05) is 27.4 Å². The van der Waals surface area contributed by atoms with Crippen LogP contribution >= 0.6 is 0 Å². The summed E-state index contributed by atoms with van der Waals surface area (Å²) >= 11 is 0. The minimum absolute atomic E-state index is 0.477. The highest BCUT2D eigenvalue weighted by molar-refractivity contribution is 5.84. The van der Waals surface area contributed by atoms with E-state index in [1.807, 2.05) is 48.5 Å². The Morgan fingerprint density at radius 3 is 2.27 bits per heavy atom. The van der Waals surface area contributed by atoms with Gasteiger partial charge in [-0.25, -0.2) is 10.2 Å². The number of rotatable bonds is 9. The number of amides is 1. The summed E-state index contributed by atoms with van der Waals surface area (Å²) in [7, 11) is 2.88. The van der Waals surface area contributed by atoms with E-state index in [1.54, 1.807) is 7.11 Å². The van der Waals surface area contributed by atoms with Gasteiger partial charge in [0, 0.05) is 12.0 Å². The smallest absolute Gasteiger partial charge is 0.427 e. The van der Waals surface area contributed by atoms with E-state index in [0.717, 1.165) is 5.56 Å². The second-order valence-corrected chi connectivity index (χ2v) is 5.10. The van der Waals surface area contributed by atoms with Crippen LogP contribution in [0.15, 0.2) is 53.6 Å². The van der Waals surface area contributed by atoms with Gasteiger partial charge in [-0.3, -0.25) is 0 Å². The van der Waals surface area contributed by atoms with E-state index in [-0.39, 0.29) is 0 Å². The van der Waals surface area contributed by atoms with Crippen LogP contribution in [0.25, 0.3) is 0 Å². The molecule has 2 aromatic carbocycles. The Hall–Kier alpha value is -3.22. The first-order chi connectivity index (χ1) is 12.7. The van der Waals surface area contributed by atoms with Gasteiger partial charge >= 0.3 is 6.09 Å². The van der Waals surface area contributed by atoms with Crippen molar-refractivity contribution in [2.45, 2.75) is 6.42 Å². The predicted octanol–water partition coefficient (Wildman–Crippen LogP) is 3.23. The van der Waals surface area contributed by atoms with E-state index >= 15 is 0 Å². The van der Waals surface area contributed by atoms with Crippen molar-refractivity contribution in [3.8, 4) is 17.2 Å². The minimum Gasteiger partial charge on any atom is -0.493 e. The van der Waals surface area contributed by atoms with Gasteiger partial charge in [-0.1, -0.05) is 24.3 Å². The second kappa shape index (κ2) is 10.6. The summed E-state index contributed by atoms with van der Waals surface area (Å²) in [5, 5.41) is 3.81. The van der Waals surface area contributed by atoms with Crippen molar-refractivity contribution in [3.05, 3.63) is 54.1 Å². The molecule has 0 aliphatic rings. The summed E-state index contributed by atoms with van der Waals surface area (Å²) < 4.78 is 21.2. The molecule has 7 nitrogen and oxygen atoms in total. The second-order valence-electron chi connectivity index (χ2n) is 5.10. The molecule has 0 saturated heterocycles. The maximum atomic E-state index is 11.0. The fraction of sp³-hybridized carbons (Fsp3) is 0.263. The van der Waals surface area contributed by atoms with Crippen LogP contribution in [0, 0.1) is 0 Å². The molecule has 1 N–H and O–H groups in total. The third kappa shape index (κ3) is 6.01. The fourth-order valence-electron chi connectivity index (χ4n) is 2.08. The summed E-state index contributed by atoms with van der Waals surface area (Å²) in [5.41, 5.74) is 2.98. The standard InChI is InChI=1S/C19H22N2O5/c1-23-17-10-5-6-11-18(17)26-13-7-12-25-16-9-4-3-8-15(16)14-20-21-19(22)24-2/h3-6,8-11,14H,7,12-13H2,1-2H3,(H,21,22)/b20-14-. The SMILES string of the molecule is COC(=O)N/N=C\c1ccccc1OCCCOc1ccccc1OC. The number of carbonyl (C=O) groups excluding carboxylic acids is 1. The van der Waals surface area contributed by atoms with E-state index in [0.29, 0.717) is 36.9 Å². The van der Waals surface area contributed by atoms with Crippen LogP contribution in [-0.2, 0) is 4.74 Å². The molecule has 0 atom stereocenters. The molecule has 0 aromatic heterocycles. The van der Waals surface area contributed by atoms with Crippen LogP contribution < -0.4 is 19.6 Å². The Labute approximate surface area is 152 Å². The van der Waals surface area contributed by atoms with Crippen LogP contribution in [0.2, 0.25) is 0 Å². The number of nitrogens with one attached hydrogen (secondary N) is 1. The molecule has 2 rings (SSSR count). The van der Waals surface area contributed by atoms with Gasteiger partial charge in [-0.15, -0.1) is 0 Å². The Morgan fingerprint density at radius 1 is 0.962 bits per heavy atom. The maximum Gasteiger partial charge on any atom is 0.427 e. The number of hydrazone groups is 1. The average molecular weight is 358 g/mol. The Morgan fingerprint density at radius 2 is 1.58 bits per heavy atom. The van der Waals surface area contributed by atoms with E-state index in [9.17, 15) is 4.79 Å². The highest BCUT2D eigenvalue weighted by Gasteiger charge is 2.04. The highest BCUT2D eigenvalue weighted by Crippen LogP contribution is 2.25. The van der Waals surface area contributed by atoms with Crippen LogP contribution in [0.3, 0.4) is 0 Å². The van der Waals surface area contributed by atoms with E-state index in [4.69, 9.17) is 14.2 Å². The summed E-state index contributed by atoms with van der Waals surface area (Å²) in [4.78, 5) is 11.0. The molecule has 0 spiro atoms. The first-order valence-electron chi connectivity index (χ1n) is 8.09. The predicted molar refractivity (Wildman–Crippen MR) is 98.2 cm³/mol. The lowest BCUT2D eigenvalue weighted by molar-refractivity contribution is 0.171. The Kier molecular flexibility index (Phi) is 7.79. The zero-order valence-corrected chi connectivity index (χ0v) is 14.8. The molecule has 26 heavy (non-hydrogen) atoms. The lowest BCUT2D eigenvalue weighted by atomic mass is 10.2. The number of benzene rings is 2. The van der Waals surface area contributed by atoms with Crippen LogP contribution in [0.5, 0.6) is 17.2 Å². The molecule has 0 saturated carbocycles. The molecule has 0 unspecified atom stereocenters. The molecule has 0 fully saturated rings. The Balaban J connectivity index is 1.80. The first-order valence-corrected chi connectivity index (χ1v) is 8.09. The number of hydrogen-bond donors (Lipinski definition) is 1. The Bertz CT molecular complexity index is 733. The molecular weight excluding hydrogens is 336 g/mol. The van der Waals surface area contributed by atoms with Crippen molar-refractivity contribution >= 4 is 12.3 Å². The van der Waals surface area contributed by atoms with E-state index in [1.165, 1.54) is 13.3 Å². The molecule has 0 aliphatic heterocycles. The fourth-order valence-corrected chi connectivity index (χ4v) is 2.08. The minimum atomic E-state index is -0.631.